The second-order valence-electron chi connectivity index (χ2n) is 5.92. The van der Waals surface area contributed by atoms with Crippen LogP contribution in [0.15, 0.2) is 54.6 Å². The Morgan fingerprint density at radius 3 is 2.04 bits per heavy atom. The van der Waals surface area contributed by atoms with Crippen LogP contribution in [-0.4, -0.2) is 29.8 Å². The van der Waals surface area contributed by atoms with Crippen molar-refractivity contribution in [2.45, 2.75) is 13.3 Å². The molecule has 2 atom stereocenters. The Hall–Kier alpha value is -2.95. The number of carbonyl (C=O) groups excluding carboxylic acids is 2. The first kappa shape index (κ1) is 18.4. The maximum Gasteiger partial charge on any atom is 0.314 e. The fraction of sp³-hybridized carbons (Fsp3) is 0.250. The number of aliphatic carboxylic acids is 1. The lowest BCUT2D eigenvalue weighted by molar-refractivity contribution is -0.151. The van der Waals surface area contributed by atoms with E-state index in [-0.39, 0.29) is 6.42 Å². The fourth-order valence-electron chi connectivity index (χ4n) is 2.77. The van der Waals surface area contributed by atoms with Gasteiger partial charge in [-0.25, -0.2) is 0 Å². The molecule has 130 valence electrons. The van der Waals surface area contributed by atoms with Crippen LogP contribution in [0.3, 0.4) is 0 Å². The minimum absolute atomic E-state index is 0.0205. The quantitative estimate of drug-likeness (QED) is 0.759. The van der Waals surface area contributed by atoms with Crippen LogP contribution in [0.25, 0.3) is 11.1 Å². The zero-order valence-electron chi connectivity index (χ0n) is 14.2. The smallest absolute Gasteiger partial charge is 0.314 e. The van der Waals surface area contributed by atoms with E-state index in [9.17, 15) is 19.5 Å². The molecule has 0 bridgehead atoms. The first-order valence-corrected chi connectivity index (χ1v) is 8.05. The molecule has 0 radical (unpaired) electrons. The Morgan fingerprint density at radius 2 is 1.52 bits per heavy atom. The Labute approximate surface area is 146 Å². The molecule has 5 heteroatoms. The van der Waals surface area contributed by atoms with E-state index >= 15 is 0 Å². The molecule has 0 saturated carbocycles. The summed E-state index contributed by atoms with van der Waals surface area (Å²) in [7, 11) is 1.42. The van der Waals surface area contributed by atoms with Crippen LogP contribution in [0, 0.1) is 11.8 Å². The lowest BCUT2D eigenvalue weighted by atomic mass is 9.86. The number of carbonyl (C=O) groups is 3. The minimum atomic E-state index is -1.35. The van der Waals surface area contributed by atoms with Crippen LogP contribution in [-0.2, 0) is 20.8 Å². The number of ketones is 1. The normalized spacial score (nSPS) is 12.9. The number of carboxylic acid groups (broad SMARTS) is 1. The first-order chi connectivity index (χ1) is 11.9. The number of carboxylic acids is 1. The molecule has 0 aromatic heterocycles. The Balaban J connectivity index is 2.13. The zero-order valence-corrected chi connectivity index (χ0v) is 14.2. The number of hydrogen-bond acceptors (Lipinski definition) is 3. The predicted molar refractivity (Wildman–Crippen MR) is 94.9 cm³/mol. The Morgan fingerprint density at radius 1 is 0.960 bits per heavy atom. The van der Waals surface area contributed by atoms with Crippen molar-refractivity contribution >= 4 is 17.7 Å². The second-order valence-corrected chi connectivity index (χ2v) is 5.92. The number of benzene rings is 2. The van der Waals surface area contributed by atoms with Gasteiger partial charge in [0.15, 0.2) is 5.78 Å². The average molecular weight is 339 g/mol. The zero-order chi connectivity index (χ0) is 18.4. The van der Waals surface area contributed by atoms with E-state index in [1.165, 1.54) is 14.0 Å². The van der Waals surface area contributed by atoms with Crippen molar-refractivity contribution in [1.29, 1.82) is 0 Å². The van der Waals surface area contributed by atoms with Gasteiger partial charge in [0.05, 0.1) is 5.92 Å². The maximum atomic E-state index is 12.4. The van der Waals surface area contributed by atoms with E-state index in [4.69, 9.17) is 0 Å². The van der Waals surface area contributed by atoms with Gasteiger partial charge in [0.25, 0.3) is 0 Å². The second kappa shape index (κ2) is 8.24. The highest BCUT2D eigenvalue weighted by atomic mass is 16.4. The van der Waals surface area contributed by atoms with Crippen molar-refractivity contribution < 1.29 is 19.5 Å². The summed E-state index contributed by atoms with van der Waals surface area (Å²) in [5, 5.41) is 11.7. The summed E-state index contributed by atoms with van der Waals surface area (Å²) in [6.07, 6.45) is -0.0205. The topological polar surface area (TPSA) is 83.5 Å². The molecule has 0 aliphatic heterocycles. The molecule has 0 saturated heterocycles. The van der Waals surface area contributed by atoms with Crippen molar-refractivity contribution in [3.05, 3.63) is 60.2 Å². The third-order valence-corrected chi connectivity index (χ3v) is 4.21. The summed E-state index contributed by atoms with van der Waals surface area (Å²) >= 11 is 0. The van der Waals surface area contributed by atoms with E-state index in [0.29, 0.717) is 0 Å². The molecule has 2 rings (SSSR count). The van der Waals surface area contributed by atoms with E-state index < -0.39 is 29.5 Å². The first-order valence-electron chi connectivity index (χ1n) is 8.05. The van der Waals surface area contributed by atoms with E-state index in [2.05, 4.69) is 5.32 Å². The molecule has 0 fully saturated rings. The molecule has 1 amide bonds. The van der Waals surface area contributed by atoms with Crippen molar-refractivity contribution in [3.8, 4) is 11.1 Å². The van der Waals surface area contributed by atoms with Crippen molar-refractivity contribution in [2.75, 3.05) is 7.05 Å². The molecule has 0 spiro atoms. The number of nitrogens with one attached hydrogen (secondary N) is 1. The summed E-state index contributed by atoms with van der Waals surface area (Å²) in [5.41, 5.74) is 2.81. The van der Waals surface area contributed by atoms with Crippen LogP contribution >= 0.6 is 0 Å². The van der Waals surface area contributed by atoms with E-state index in [0.717, 1.165) is 16.7 Å². The molecule has 2 N–H and O–H groups in total. The fourth-order valence-corrected chi connectivity index (χ4v) is 2.77. The van der Waals surface area contributed by atoms with Crippen LogP contribution < -0.4 is 5.32 Å². The monoisotopic (exact) mass is 339 g/mol. The lowest BCUT2D eigenvalue weighted by Crippen LogP contribution is -2.39. The van der Waals surface area contributed by atoms with Gasteiger partial charge >= 0.3 is 5.97 Å². The third kappa shape index (κ3) is 4.53. The van der Waals surface area contributed by atoms with Crippen molar-refractivity contribution in [3.63, 3.8) is 0 Å². The Kier molecular flexibility index (Phi) is 6.06. The standard InChI is InChI=1S/C20H21NO4/c1-13(19(23)21-2)18(20(24)25)17(22)12-14-8-10-16(11-9-14)15-6-4-3-5-7-15/h3-11,13,18H,12H2,1-2H3,(H,21,23)(H,24,25)/t13-,18?/m1/s1. The third-order valence-electron chi connectivity index (χ3n) is 4.21. The molecule has 0 heterocycles. The summed E-state index contributed by atoms with van der Waals surface area (Å²) in [6, 6.07) is 17.2. The maximum absolute atomic E-state index is 12.4. The highest BCUT2D eigenvalue weighted by molar-refractivity contribution is 6.03. The van der Waals surface area contributed by atoms with E-state index in [1.807, 2.05) is 54.6 Å². The van der Waals surface area contributed by atoms with Gasteiger partial charge in [-0.2, -0.15) is 0 Å². The predicted octanol–water partition coefficient (Wildman–Crippen LogP) is 2.55. The molecule has 1 unspecified atom stereocenters. The van der Waals surface area contributed by atoms with Gasteiger partial charge in [-0.1, -0.05) is 61.5 Å². The Bertz CT molecular complexity index is 753. The van der Waals surface area contributed by atoms with E-state index in [1.54, 1.807) is 0 Å². The van der Waals surface area contributed by atoms with Gasteiger partial charge in [-0.15, -0.1) is 0 Å². The molecule has 25 heavy (non-hydrogen) atoms. The largest absolute Gasteiger partial charge is 0.481 e. The number of amides is 1. The van der Waals surface area contributed by atoms with Crippen LogP contribution in [0.1, 0.15) is 12.5 Å². The SMILES string of the molecule is CNC(=O)[C@H](C)C(C(=O)O)C(=O)Cc1ccc(-c2ccccc2)cc1. The van der Waals surface area contributed by atoms with Gasteiger partial charge in [-0.3, -0.25) is 14.4 Å². The highest BCUT2D eigenvalue weighted by Crippen LogP contribution is 2.21. The summed E-state index contributed by atoms with van der Waals surface area (Å²) in [4.78, 5) is 35.5. The number of hydrogen-bond donors (Lipinski definition) is 2. The molecule has 5 nitrogen and oxygen atoms in total. The summed E-state index contributed by atoms with van der Waals surface area (Å²) < 4.78 is 0. The molecule has 2 aromatic carbocycles. The molecular formula is C20H21NO4. The summed E-state index contributed by atoms with van der Waals surface area (Å²) in [5.74, 6) is -4.48. The minimum Gasteiger partial charge on any atom is -0.481 e. The van der Waals surface area contributed by atoms with Gasteiger partial charge in [0.2, 0.25) is 5.91 Å². The highest BCUT2D eigenvalue weighted by Gasteiger charge is 2.35. The number of Topliss-reactive ketones (excluding diaryl/α,β-unsaturated/α-hetero) is 1. The molecule has 2 aromatic rings. The number of rotatable bonds is 7. The lowest BCUT2D eigenvalue weighted by Gasteiger charge is -2.17. The molecule has 0 aliphatic carbocycles. The van der Waals surface area contributed by atoms with Gasteiger partial charge in [0, 0.05) is 13.5 Å². The van der Waals surface area contributed by atoms with Gasteiger partial charge < -0.3 is 10.4 Å². The van der Waals surface area contributed by atoms with Crippen LogP contribution in [0.4, 0.5) is 0 Å². The molecule has 0 aliphatic rings. The van der Waals surface area contributed by atoms with Crippen molar-refractivity contribution in [2.24, 2.45) is 11.8 Å². The summed E-state index contributed by atoms with van der Waals surface area (Å²) in [6.45, 7) is 1.45. The molecular weight excluding hydrogens is 318 g/mol. The average Bonchev–Trinajstić information content (AvgIpc) is 2.62. The van der Waals surface area contributed by atoms with Crippen molar-refractivity contribution in [1.82, 2.24) is 5.32 Å². The van der Waals surface area contributed by atoms with Crippen LogP contribution in [0.2, 0.25) is 0 Å². The van der Waals surface area contributed by atoms with Gasteiger partial charge in [-0.05, 0) is 16.7 Å². The van der Waals surface area contributed by atoms with Gasteiger partial charge in [0.1, 0.15) is 5.92 Å². The van der Waals surface area contributed by atoms with Crippen LogP contribution in [0.5, 0.6) is 0 Å².